The summed E-state index contributed by atoms with van der Waals surface area (Å²) in [5.74, 6) is 0. The van der Waals surface area contributed by atoms with E-state index in [2.05, 4.69) is 50.7 Å². The molecule has 1 fully saturated rings. The number of nitrogens with zero attached hydrogens (tertiary/aromatic N) is 3. The van der Waals surface area contributed by atoms with Crippen LogP contribution < -0.4 is 9.62 Å². The summed E-state index contributed by atoms with van der Waals surface area (Å²) in [6.07, 6.45) is 0. The Bertz CT molecular complexity index is 972. The number of hydrogen-bond acceptors (Lipinski definition) is 5. The van der Waals surface area contributed by atoms with Crippen molar-refractivity contribution in [3.05, 3.63) is 58.7 Å². The first kappa shape index (κ1) is 23.7. The van der Waals surface area contributed by atoms with Gasteiger partial charge in [-0.1, -0.05) is 29.8 Å². The van der Waals surface area contributed by atoms with Crippen molar-refractivity contribution < 1.29 is 8.42 Å². The van der Waals surface area contributed by atoms with Gasteiger partial charge in [-0.25, -0.2) is 13.1 Å². The summed E-state index contributed by atoms with van der Waals surface area (Å²) in [6, 6.07) is 12.3. The van der Waals surface area contributed by atoms with Crippen molar-refractivity contribution in [2.24, 2.45) is 0 Å². The molecule has 7 heteroatoms. The Morgan fingerprint density at radius 2 is 1.52 bits per heavy atom. The molecule has 0 aliphatic carbocycles. The summed E-state index contributed by atoms with van der Waals surface area (Å²) in [4.78, 5) is 7.17. The highest BCUT2D eigenvalue weighted by Gasteiger charge is 2.27. The van der Waals surface area contributed by atoms with Gasteiger partial charge in [-0.3, -0.25) is 4.90 Å². The highest BCUT2D eigenvalue weighted by Crippen LogP contribution is 2.26. The van der Waals surface area contributed by atoms with Gasteiger partial charge >= 0.3 is 0 Å². The number of likely N-dealkylation sites (N-methyl/N-ethyl adjacent to an activating group) is 1. The Morgan fingerprint density at radius 3 is 2.03 bits per heavy atom. The number of piperazine rings is 1. The average molecular weight is 445 g/mol. The molecular formula is C24H36N4O2S. The molecule has 0 unspecified atom stereocenters. The van der Waals surface area contributed by atoms with Crippen molar-refractivity contribution in [1.29, 1.82) is 0 Å². The molecule has 6 nitrogen and oxygen atoms in total. The summed E-state index contributed by atoms with van der Waals surface area (Å²) in [5, 5.41) is 0. The maximum atomic E-state index is 13.3. The molecule has 0 radical (unpaired) electrons. The van der Waals surface area contributed by atoms with Crippen molar-refractivity contribution in [1.82, 2.24) is 14.5 Å². The summed E-state index contributed by atoms with van der Waals surface area (Å²) in [5.41, 5.74) is 4.92. The van der Waals surface area contributed by atoms with Crippen LogP contribution >= 0.6 is 0 Å². The summed E-state index contributed by atoms with van der Waals surface area (Å²) in [6.45, 7) is 9.87. The Hall–Kier alpha value is -1.93. The van der Waals surface area contributed by atoms with Gasteiger partial charge in [0.1, 0.15) is 0 Å². The molecule has 1 aliphatic heterocycles. The fourth-order valence-corrected chi connectivity index (χ4v) is 5.92. The van der Waals surface area contributed by atoms with E-state index in [4.69, 9.17) is 0 Å². The maximum Gasteiger partial charge on any atom is 0.241 e. The quantitative estimate of drug-likeness (QED) is 0.712. The van der Waals surface area contributed by atoms with E-state index < -0.39 is 10.0 Å². The van der Waals surface area contributed by atoms with Gasteiger partial charge in [0.05, 0.1) is 4.90 Å². The molecule has 1 aliphatic rings. The van der Waals surface area contributed by atoms with E-state index >= 15 is 0 Å². The number of nitrogens with one attached hydrogen (secondary N) is 1. The standard InChI is InChI=1S/C24H36N4O2S/c1-18-15-19(2)24(20(3)16-18)31(29,30)25-17-23(28-13-11-27(6)12-14-28)21-7-9-22(10-8-21)26(4)5/h7-10,15-16,23,25H,11-14,17H2,1-6H3/t23-/m0/s1. The smallest absolute Gasteiger partial charge is 0.241 e. The van der Waals surface area contributed by atoms with E-state index in [1.807, 2.05) is 47.0 Å². The average Bonchev–Trinajstić information content (AvgIpc) is 2.68. The lowest BCUT2D eigenvalue weighted by atomic mass is 10.0. The third-order valence-electron chi connectivity index (χ3n) is 6.11. The minimum absolute atomic E-state index is 0.00857. The zero-order valence-electron chi connectivity index (χ0n) is 19.6. The van der Waals surface area contributed by atoms with Crippen LogP contribution in [-0.4, -0.2) is 72.1 Å². The fourth-order valence-electron chi connectivity index (χ4n) is 4.44. The Kier molecular flexibility index (Phi) is 7.42. The molecule has 0 amide bonds. The Labute approximate surface area is 187 Å². The van der Waals surface area contributed by atoms with E-state index in [0.717, 1.165) is 54.1 Å². The summed E-state index contributed by atoms with van der Waals surface area (Å²) < 4.78 is 29.4. The zero-order chi connectivity index (χ0) is 22.8. The van der Waals surface area contributed by atoms with Gasteiger partial charge in [-0.2, -0.15) is 0 Å². The SMILES string of the molecule is Cc1cc(C)c(S(=O)(=O)NC[C@@H](c2ccc(N(C)C)cc2)N2CCN(C)CC2)c(C)c1. The number of anilines is 1. The van der Waals surface area contributed by atoms with Crippen LogP contribution in [0.3, 0.4) is 0 Å². The van der Waals surface area contributed by atoms with Crippen LogP contribution in [0, 0.1) is 20.8 Å². The second kappa shape index (κ2) is 9.69. The van der Waals surface area contributed by atoms with Crippen LogP contribution in [0.2, 0.25) is 0 Å². The maximum absolute atomic E-state index is 13.3. The highest BCUT2D eigenvalue weighted by molar-refractivity contribution is 7.89. The molecule has 1 atom stereocenters. The summed E-state index contributed by atoms with van der Waals surface area (Å²) in [7, 11) is 2.56. The van der Waals surface area contributed by atoms with Crippen molar-refractivity contribution >= 4 is 15.7 Å². The third kappa shape index (κ3) is 5.66. The second-order valence-electron chi connectivity index (χ2n) is 8.92. The number of rotatable bonds is 7. The van der Waals surface area contributed by atoms with Crippen LogP contribution in [0.5, 0.6) is 0 Å². The molecule has 1 saturated heterocycles. The Balaban J connectivity index is 1.86. The van der Waals surface area contributed by atoms with Crippen LogP contribution in [0.1, 0.15) is 28.3 Å². The predicted octanol–water partition coefficient (Wildman–Crippen LogP) is 2.94. The van der Waals surface area contributed by atoms with Crippen LogP contribution in [-0.2, 0) is 10.0 Å². The van der Waals surface area contributed by atoms with Crippen molar-refractivity contribution in [2.45, 2.75) is 31.7 Å². The van der Waals surface area contributed by atoms with Gasteiger partial charge < -0.3 is 9.80 Å². The van der Waals surface area contributed by atoms with E-state index in [0.29, 0.717) is 11.4 Å². The van der Waals surface area contributed by atoms with E-state index in [-0.39, 0.29) is 6.04 Å². The fraction of sp³-hybridized carbons (Fsp3) is 0.500. The van der Waals surface area contributed by atoms with Crippen LogP contribution in [0.25, 0.3) is 0 Å². The van der Waals surface area contributed by atoms with Crippen molar-refractivity contribution in [3.63, 3.8) is 0 Å². The molecule has 1 N–H and O–H groups in total. The monoisotopic (exact) mass is 444 g/mol. The highest BCUT2D eigenvalue weighted by atomic mass is 32.2. The lowest BCUT2D eigenvalue weighted by molar-refractivity contribution is 0.113. The minimum Gasteiger partial charge on any atom is -0.378 e. The molecule has 170 valence electrons. The molecule has 31 heavy (non-hydrogen) atoms. The molecule has 0 spiro atoms. The van der Waals surface area contributed by atoms with Crippen LogP contribution in [0.4, 0.5) is 5.69 Å². The molecule has 2 aromatic rings. The van der Waals surface area contributed by atoms with E-state index in [1.54, 1.807) is 0 Å². The Morgan fingerprint density at radius 1 is 0.968 bits per heavy atom. The third-order valence-corrected chi connectivity index (χ3v) is 7.84. The first-order valence-electron chi connectivity index (χ1n) is 10.9. The molecular weight excluding hydrogens is 408 g/mol. The van der Waals surface area contributed by atoms with Gasteiger partial charge in [-0.05, 0) is 56.6 Å². The minimum atomic E-state index is -3.61. The number of benzene rings is 2. The number of hydrogen-bond donors (Lipinski definition) is 1. The van der Waals surface area contributed by atoms with E-state index in [1.165, 1.54) is 0 Å². The van der Waals surface area contributed by atoms with Gasteiger partial charge in [0, 0.05) is 58.5 Å². The lowest BCUT2D eigenvalue weighted by Crippen LogP contribution is -2.48. The molecule has 0 saturated carbocycles. The predicted molar refractivity (Wildman–Crippen MR) is 128 cm³/mol. The normalized spacial score (nSPS) is 17.0. The first-order chi connectivity index (χ1) is 14.6. The second-order valence-corrected chi connectivity index (χ2v) is 10.6. The van der Waals surface area contributed by atoms with E-state index in [9.17, 15) is 8.42 Å². The van der Waals surface area contributed by atoms with Gasteiger partial charge in [0.25, 0.3) is 0 Å². The van der Waals surface area contributed by atoms with Crippen molar-refractivity contribution in [3.8, 4) is 0 Å². The zero-order valence-corrected chi connectivity index (χ0v) is 20.5. The molecule has 0 aromatic heterocycles. The van der Waals surface area contributed by atoms with Gasteiger partial charge in [0.2, 0.25) is 10.0 Å². The molecule has 0 bridgehead atoms. The van der Waals surface area contributed by atoms with Gasteiger partial charge in [0.15, 0.2) is 0 Å². The topological polar surface area (TPSA) is 55.9 Å². The molecule has 1 heterocycles. The van der Waals surface area contributed by atoms with Gasteiger partial charge in [-0.15, -0.1) is 0 Å². The summed E-state index contributed by atoms with van der Waals surface area (Å²) >= 11 is 0. The van der Waals surface area contributed by atoms with Crippen molar-refractivity contribution in [2.75, 3.05) is 58.8 Å². The largest absolute Gasteiger partial charge is 0.378 e. The van der Waals surface area contributed by atoms with Crippen LogP contribution in [0.15, 0.2) is 41.3 Å². The number of sulfonamides is 1. The molecule has 3 rings (SSSR count). The number of aryl methyl sites for hydroxylation is 3. The lowest BCUT2D eigenvalue weighted by Gasteiger charge is -2.38. The first-order valence-corrected chi connectivity index (χ1v) is 12.3. The molecule has 2 aromatic carbocycles.